The summed E-state index contributed by atoms with van der Waals surface area (Å²) in [6.45, 7) is 0. The highest BCUT2D eigenvalue weighted by Crippen LogP contribution is 2.39. The fourth-order valence-electron chi connectivity index (χ4n) is 4.27. The molecule has 0 N–H and O–H groups in total. The first-order chi connectivity index (χ1) is 20.7. The summed E-state index contributed by atoms with van der Waals surface area (Å²) >= 11 is 13.0. The van der Waals surface area contributed by atoms with E-state index in [1.54, 1.807) is 54.6 Å². The lowest BCUT2D eigenvalue weighted by molar-refractivity contribution is 0.0732. The van der Waals surface area contributed by atoms with Gasteiger partial charge in [-0.15, -0.1) is 0 Å². The molecule has 0 aliphatic heterocycles. The van der Waals surface area contributed by atoms with Gasteiger partial charge in [-0.1, -0.05) is 39.7 Å². The van der Waals surface area contributed by atoms with Crippen molar-refractivity contribution in [3.63, 3.8) is 0 Å². The van der Waals surface area contributed by atoms with Crippen molar-refractivity contribution in [2.24, 2.45) is 5.10 Å². The normalized spacial score (nSPS) is 11.1. The SMILES string of the molecule is COc1cc(C(=O)Oc2c(Br)cc(Br)cc2C=Nn2c(-c3ccc(Cl)cc3)nc3ccccc3c2=O)cc(OC)c1OC. The molecular weight excluding hydrogens is 706 g/mol. The van der Waals surface area contributed by atoms with Gasteiger partial charge < -0.3 is 18.9 Å². The van der Waals surface area contributed by atoms with Gasteiger partial charge in [0, 0.05) is 20.6 Å². The van der Waals surface area contributed by atoms with E-state index in [4.69, 9.17) is 35.5 Å². The lowest BCUT2D eigenvalue weighted by atomic mass is 10.1. The Labute approximate surface area is 267 Å². The van der Waals surface area contributed by atoms with E-state index in [1.165, 1.54) is 44.4 Å². The van der Waals surface area contributed by atoms with Gasteiger partial charge in [0.15, 0.2) is 23.1 Å². The topological polar surface area (TPSA) is 101 Å². The van der Waals surface area contributed by atoms with E-state index in [0.29, 0.717) is 59.1 Å². The van der Waals surface area contributed by atoms with Crippen LogP contribution in [0.1, 0.15) is 15.9 Å². The summed E-state index contributed by atoms with van der Waals surface area (Å²) in [7, 11) is 4.38. The summed E-state index contributed by atoms with van der Waals surface area (Å²) in [5.74, 6) is 0.711. The van der Waals surface area contributed by atoms with E-state index in [1.807, 2.05) is 6.07 Å². The monoisotopic (exact) mass is 725 g/mol. The van der Waals surface area contributed by atoms with Crippen molar-refractivity contribution in [2.75, 3.05) is 21.3 Å². The molecule has 0 aliphatic carbocycles. The number of esters is 1. The number of fused-ring (bicyclic) bond motifs is 1. The number of rotatable bonds is 8. The lowest BCUT2D eigenvalue weighted by Crippen LogP contribution is -2.20. The smallest absolute Gasteiger partial charge is 0.343 e. The molecule has 12 heteroatoms. The zero-order valence-electron chi connectivity index (χ0n) is 22.9. The molecule has 0 radical (unpaired) electrons. The van der Waals surface area contributed by atoms with Crippen LogP contribution in [-0.4, -0.2) is 43.2 Å². The molecule has 0 amide bonds. The third-order valence-corrected chi connectivity index (χ3v) is 7.60. The Morgan fingerprint density at radius 2 is 1.58 bits per heavy atom. The summed E-state index contributed by atoms with van der Waals surface area (Å²) in [5.41, 5.74) is 1.33. The highest BCUT2D eigenvalue weighted by atomic mass is 79.9. The zero-order valence-corrected chi connectivity index (χ0v) is 26.9. The molecule has 0 aliphatic rings. The number of nitrogens with zero attached hydrogens (tertiary/aromatic N) is 3. The van der Waals surface area contributed by atoms with Crippen LogP contribution >= 0.6 is 43.5 Å². The number of carbonyl (C=O) groups is 1. The Kier molecular flexibility index (Phi) is 9.14. The first-order valence-electron chi connectivity index (χ1n) is 12.6. The van der Waals surface area contributed by atoms with E-state index >= 15 is 0 Å². The van der Waals surface area contributed by atoms with Crippen molar-refractivity contribution in [3.05, 3.63) is 108 Å². The highest BCUT2D eigenvalue weighted by molar-refractivity contribution is 9.11. The summed E-state index contributed by atoms with van der Waals surface area (Å²) in [4.78, 5) is 31.7. The number of para-hydroxylation sites is 1. The quantitative estimate of drug-likeness (QED) is 0.0935. The van der Waals surface area contributed by atoms with Crippen LogP contribution in [0.15, 0.2) is 91.6 Å². The molecule has 0 saturated carbocycles. The van der Waals surface area contributed by atoms with Crippen LogP contribution < -0.4 is 24.5 Å². The van der Waals surface area contributed by atoms with Crippen LogP contribution in [0, 0.1) is 0 Å². The molecular formula is C31H22Br2ClN3O6. The minimum atomic E-state index is -0.691. The predicted molar refractivity (Wildman–Crippen MR) is 172 cm³/mol. The van der Waals surface area contributed by atoms with Crippen molar-refractivity contribution < 1.29 is 23.7 Å². The van der Waals surface area contributed by atoms with Gasteiger partial charge in [-0.2, -0.15) is 9.78 Å². The van der Waals surface area contributed by atoms with Gasteiger partial charge in [0.2, 0.25) is 5.75 Å². The highest BCUT2D eigenvalue weighted by Gasteiger charge is 2.21. The first kappa shape index (κ1) is 30.3. The Bertz CT molecular complexity index is 1920. The molecule has 0 fully saturated rings. The number of halogens is 3. The van der Waals surface area contributed by atoms with Gasteiger partial charge >= 0.3 is 5.97 Å². The van der Waals surface area contributed by atoms with E-state index in [-0.39, 0.29) is 16.9 Å². The third-order valence-electron chi connectivity index (χ3n) is 6.30. The minimum absolute atomic E-state index is 0.159. The first-order valence-corrected chi connectivity index (χ1v) is 14.5. The molecule has 0 bridgehead atoms. The number of hydrogen-bond donors (Lipinski definition) is 0. The van der Waals surface area contributed by atoms with Crippen molar-refractivity contribution in [3.8, 4) is 34.4 Å². The second-order valence-electron chi connectivity index (χ2n) is 8.93. The Hall–Kier alpha value is -4.19. The van der Waals surface area contributed by atoms with E-state index in [0.717, 1.165) is 0 Å². The van der Waals surface area contributed by atoms with Gasteiger partial charge in [0.05, 0.1) is 48.5 Å². The Morgan fingerprint density at radius 3 is 2.23 bits per heavy atom. The number of methoxy groups -OCH3 is 3. The predicted octanol–water partition coefficient (Wildman–Crippen LogP) is 7.37. The van der Waals surface area contributed by atoms with Crippen LogP contribution in [0.25, 0.3) is 22.3 Å². The minimum Gasteiger partial charge on any atom is -0.493 e. The largest absolute Gasteiger partial charge is 0.493 e. The average Bonchev–Trinajstić information content (AvgIpc) is 3.01. The van der Waals surface area contributed by atoms with E-state index < -0.39 is 5.97 Å². The van der Waals surface area contributed by atoms with Gasteiger partial charge in [-0.25, -0.2) is 9.78 Å². The molecule has 1 heterocycles. The maximum atomic E-state index is 13.6. The molecule has 218 valence electrons. The van der Waals surface area contributed by atoms with Gasteiger partial charge in [0.1, 0.15) is 0 Å². The van der Waals surface area contributed by atoms with Crippen molar-refractivity contribution >= 4 is 66.5 Å². The second kappa shape index (κ2) is 13.0. The third kappa shape index (κ3) is 6.29. The molecule has 5 aromatic rings. The summed E-state index contributed by atoms with van der Waals surface area (Å²) < 4.78 is 24.3. The average molecular weight is 728 g/mol. The number of hydrogen-bond acceptors (Lipinski definition) is 8. The Balaban J connectivity index is 1.60. The number of carbonyl (C=O) groups excluding carboxylic acids is 1. The molecule has 0 unspecified atom stereocenters. The molecule has 1 aromatic heterocycles. The molecule has 0 spiro atoms. The molecule has 43 heavy (non-hydrogen) atoms. The summed E-state index contributed by atoms with van der Waals surface area (Å²) in [6, 6.07) is 20.3. The summed E-state index contributed by atoms with van der Waals surface area (Å²) in [6.07, 6.45) is 1.42. The van der Waals surface area contributed by atoms with Crippen molar-refractivity contribution in [1.29, 1.82) is 0 Å². The second-order valence-corrected chi connectivity index (χ2v) is 11.1. The van der Waals surface area contributed by atoms with Crippen LogP contribution in [0.2, 0.25) is 5.02 Å². The number of aromatic nitrogens is 2. The van der Waals surface area contributed by atoms with Gasteiger partial charge in [0.25, 0.3) is 5.56 Å². The van der Waals surface area contributed by atoms with Crippen molar-refractivity contribution in [1.82, 2.24) is 9.66 Å². The molecule has 9 nitrogen and oxygen atoms in total. The fourth-order valence-corrected chi connectivity index (χ4v) is 5.74. The van der Waals surface area contributed by atoms with Gasteiger partial charge in [-0.3, -0.25) is 4.79 Å². The van der Waals surface area contributed by atoms with E-state index in [9.17, 15) is 9.59 Å². The zero-order chi connectivity index (χ0) is 30.7. The molecule has 0 saturated heterocycles. The Morgan fingerprint density at radius 1 is 0.907 bits per heavy atom. The van der Waals surface area contributed by atoms with E-state index in [2.05, 4.69) is 37.0 Å². The molecule has 4 aromatic carbocycles. The van der Waals surface area contributed by atoms with Gasteiger partial charge in [-0.05, 0) is 76.6 Å². The molecule has 5 rings (SSSR count). The van der Waals surface area contributed by atoms with Crippen LogP contribution in [0.5, 0.6) is 23.0 Å². The number of benzene rings is 4. The maximum absolute atomic E-state index is 13.6. The fraction of sp³-hybridized carbons (Fsp3) is 0.0968. The standard InChI is InChI=1S/C31H22Br2ClN3O6/c1-40-25-13-18(14-26(41-2)28(25)42-3)31(39)43-27-19(12-20(32)15-23(27)33)16-35-37-29(17-8-10-21(34)11-9-17)36-24-7-5-4-6-22(24)30(37)38/h4-16H,1-3H3. The van der Waals surface area contributed by atoms with Crippen LogP contribution in [0.3, 0.4) is 0 Å². The summed E-state index contributed by atoms with van der Waals surface area (Å²) in [5, 5.41) is 5.45. The van der Waals surface area contributed by atoms with Crippen LogP contribution in [0.4, 0.5) is 0 Å². The lowest BCUT2D eigenvalue weighted by Gasteiger charge is -2.15. The van der Waals surface area contributed by atoms with Crippen molar-refractivity contribution in [2.45, 2.75) is 0 Å². The molecule has 0 atom stereocenters. The maximum Gasteiger partial charge on any atom is 0.343 e. The number of ether oxygens (including phenoxy) is 4. The van der Waals surface area contributed by atoms with Crippen LogP contribution in [-0.2, 0) is 0 Å².